The number of hydrogen-bond acceptors (Lipinski definition) is 8. The molecular weight excluding hydrogens is 506 g/mol. The quantitative estimate of drug-likeness (QED) is 0.410. The number of anilines is 3. The molecule has 0 radical (unpaired) electrons. The molecule has 13 heteroatoms. The highest BCUT2D eigenvalue weighted by molar-refractivity contribution is 6.15. The van der Waals surface area contributed by atoms with Gasteiger partial charge in [-0.3, -0.25) is 14.8 Å². The average molecular weight is 536 g/mol. The maximum absolute atomic E-state index is 13.5. The number of alkyl halides is 4. The number of furan rings is 1. The monoisotopic (exact) mass is 535 g/mol. The standard InChI is InChI=1S/C25H29F4N7O2/c26-16-3-6-35(12-16)5-2-14-7-20-22(33-9-14)21(23(31)38-20)24(37)34-18-10-32-4-1-19(18)36-11-15(25(27,28)29)8-17(30)13-36/h1,4,7,9-10,15-17H,2-3,5-6,8,11-13,30-31H2,(H,34,37)/t15?,16-,17?/m1/s1. The van der Waals surface area contributed by atoms with Gasteiger partial charge in [0.15, 0.2) is 5.58 Å². The van der Waals surface area contributed by atoms with E-state index in [2.05, 4.69) is 15.3 Å². The first kappa shape index (κ1) is 26.2. The number of nitrogen functional groups attached to an aromatic ring is 1. The number of nitrogens with one attached hydrogen (secondary N) is 1. The van der Waals surface area contributed by atoms with Gasteiger partial charge in [-0.15, -0.1) is 0 Å². The van der Waals surface area contributed by atoms with Gasteiger partial charge in [-0.2, -0.15) is 13.2 Å². The number of carbonyl (C=O) groups is 1. The molecule has 5 heterocycles. The van der Waals surface area contributed by atoms with Crippen LogP contribution in [-0.2, 0) is 6.42 Å². The Morgan fingerprint density at radius 2 is 2.05 bits per heavy atom. The van der Waals surface area contributed by atoms with Crippen LogP contribution in [0.3, 0.4) is 0 Å². The van der Waals surface area contributed by atoms with Gasteiger partial charge in [0.05, 0.1) is 23.5 Å². The van der Waals surface area contributed by atoms with E-state index in [-0.39, 0.29) is 42.2 Å². The van der Waals surface area contributed by atoms with Crippen LogP contribution in [-0.4, -0.2) is 71.9 Å². The van der Waals surface area contributed by atoms with E-state index in [4.69, 9.17) is 15.9 Å². The lowest BCUT2D eigenvalue weighted by Gasteiger charge is -2.39. The average Bonchev–Trinajstić information content (AvgIpc) is 3.43. The zero-order valence-electron chi connectivity index (χ0n) is 20.5. The van der Waals surface area contributed by atoms with E-state index in [1.165, 1.54) is 23.4 Å². The molecule has 3 atom stereocenters. The van der Waals surface area contributed by atoms with E-state index in [0.29, 0.717) is 43.7 Å². The molecule has 38 heavy (non-hydrogen) atoms. The van der Waals surface area contributed by atoms with E-state index in [9.17, 15) is 22.4 Å². The van der Waals surface area contributed by atoms with Crippen molar-refractivity contribution < 1.29 is 26.8 Å². The first-order chi connectivity index (χ1) is 18.1. The molecule has 3 aromatic heterocycles. The highest BCUT2D eigenvalue weighted by Crippen LogP contribution is 2.37. The molecule has 5 N–H and O–H groups in total. The van der Waals surface area contributed by atoms with Crippen molar-refractivity contribution in [2.75, 3.05) is 48.7 Å². The number of pyridine rings is 2. The van der Waals surface area contributed by atoms with Crippen LogP contribution >= 0.6 is 0 Å². The van der Waals surface area contributed by atoms with Crippen molar-refractivity contribution >= 4 is 34.3 Å². The maximum atomic E-state index is 13.5. The van der Waals surface area contributed by atoms with E-state index in [1.54, 1.807) is 12.3 Å². The number of nitrogens with two attached hydrogens (primary N) is 2. The Morgan fingerprint density at radius 3 is 2.79 bits per heavy atom. The summed E-state index contributed by atoms with van der Waals surface area (Å²) in [5.74, 6) is -2.35. The summed E-state index contributed by atoms with van der Waals surface area (Å²) in [6, 6.07) is 2.61. The first-order valence-electron chi connectivity index (χ1n) is 12.4. The number of nitrogens with zero attached hydrogens (tertiary/aromatic N) is 4. The number of hydrogen-bond donors (Lipinski definition) is 3. The van der Waals surface area contributed by atoms with Crippen LogP contribution in [0.15, 0.2) is 35.1 Å². The molecule has 3 aromatic rings. The first-order valence-corrected chi connectivity index (χ1v) is 12.4. The maximum Gasteiger partial charge on any atom is 0.393 e. The zero-order chi connectivity index (χ0) is 27.0. The van der Waals surface area contributed by atoms with Crippen LogP contribution in [0.2, 0.25) is 0 Å². The number of aromatic nitrogens is 2. The smallest absolute Gasteiger partial charge is 0.393 e. The molecule has 2 aliphatic heterocycles. The summed E-state index contributed by atoms with van der Waals surface area (Å²) in [5.41, 5.74) is 14.0. The number of carbonyl (C=O) groups excluding carboxylic acids is 1. The Bertz CT molecular complexity index is 1310. The predicted octanol–water partition coefficient (Wildman–Crippen LogP) is 3.36. The lowest BCUT2D eigenvalue weighted by atomic mass is 9.93. The third-order valence-corrected chi connectivity index (χ3v) is 7.10. The van der Waals surface area contributed by atoms with Gasteiger partial charge in [-0.25, -0.2) is 4.39 Å². The van der Waals surface area contributed by atoms with E-state index in [1.807, 2.05) is 4.90 Å². The minimum atomic E-state index is -4.38. The minimum absolute atomic E-state index is 0.0182. The molecule has 0 aromatic carbocycles. The summed E-state index contributed by atoms with van der Waals surface area (Å²) in [4.78, 5) is 25.2. The third kappa shape index (κ3) is 5.53. The van der Waals surface area contributed by atoms with Crippen LogP contribution in [0.4, 0.5) is 34.8 Å². The van der Waals surface area contributed by atoms with Crippen LogP contribution < -0.4 is 21.7 Å². The summed E-state index contributed by atoms with van der Waals surface area (Å²) >= 11 is 0. The Balaban J connectivity index is 1.34. The topological polar surface area (TPSA) is 127 Å². The number of likely N-dealkylation sites (tertiary alicyclic amines) is 1. The fourth-order valence-corrected chi connectivity index (χ4v) is 5.18. The highest BCUT2D eigenvalue weighted by atomic mass is 19.4. The molecule has 204 valence electrons. The Labute approximate surface area is 216 Å². The molecule has 2 fully saturated rings. The molecular formula is C25H29F4N7O2. The van der Waals surface area contributed by atoms with Crippen LogP contribution in [0, 0.1) is 5.92 Å². The van der Waals surface area contributed by atoms with Crippen LogP contribution in [0.25, 0.3) is 11.1 Å². The fraction of sp³-hybridized carbons (Fsp3) is 0.480. The highest BCUT2D eigenvalue weighted by Gasteiger charge is 2.44. The number of rotatable bonds is 6. The Hall–Kier alpha value is -3.45. The lowest BCUT2D eigenvalue weighted by Crippen LogP contribution is -2.51. The van der Waals surface area contributed by atoms with Crippen molar-refractivity contribution in [2.45, 2.75) is 37.7 Å². The Morgan fingerprint density at radius 1 is 1.24 bits per heavy atom. The minimum Gasteiger partial charge on any atom is -0.438 e. The fourth-order valence-electron chi connectivity index (χ4n) is 5.18. The van der Waals surface area contributed by atoms with Crippen LogP contribution in [0.5, 0.6) is 0 Å². The van der Waals surface area contributed by atoms with Gasteiger partial charge in [0.1, 0.15) is 17.3 Å². The molecule has 2 unspecified atom stereocenters. The van der Waals surface area contributed by atoms with Crippen molar-refractivity contribution in [3.63, 3.8) is 0 Å². The molecule has 2 aliphatic rings. The van der Waals surface area contributed by atoms with Gasteiger partial charge in [0.25, 0.3) is 5.91 Å². The van der Waals surface area contributed by atoms with E-state index < -0.39 is 30.2 Å². The van der Waals surface area contributed by atoms with Gasteiger partial charge in [-0.05, 0) is 37.0 Å². The summed E-state index contributed by atoms with van der Waals surface area (Å²) in [5, 5.41) is 2.71. The largest absolute Gasteiger partial charge is 0.438 e. The van der Waals surface area contributed by atoms with Crippen molar-refractivity contribution in [2.24, 2.45) is 11.7 Å². The van der Waals surface area contributed by atoms with Crippen molar-refractivity contribution in [1.82, 2.24) is 14.9 Å². The summed E-state index contributed by atoms with van der Waals surface area (Å²) in [6.07, 6.45) is 0.259. The molecule has 9 nitrogen and oxygen atoms in total. The van der Waals surface area contributed by atoms with Crippen molar-refractivity contribution in [3.05, 3.63) is 41.9 Å². The van der Waals surface area contributed by atoms with E-state index >= 15 is 0 Å². The summed E-state index contributed by atoms with van der Waals surface area (Å²) in [7, 11) is 0. The Kier molecular flexibility index (Phi) is 7.14. The van der Waals surface area contributed by atoms with Gasteiger partial charge in [0, 0.05) is 51.2 Å². The second-order valence-corrected chi connectivity index (χ2v) is 9.95. The number of amides is 1. The molecule has 5 rings (SSSR count). The number of piperidine rings is 1. The van der Waals surface area contributed by atoms with Crippen LogP contribution in [0.1, 0.15) is 28.8 Å². The lowest BCUT2D eigenvalue weighted by molar-refractivity contribution is -0.177. The molecule has 0 saturated carbocycles. The number of halogens is 4. The molecule has 2 saturated heterocycles. The SMILES string of the molecule is Nc1oc2cc(CCN3CC[C@@H](F)C3)cnc2c1C(=O)Nc1cnccc1N1CC(N)CC(C(F)(F)F)C1. The van der Waals surface area contributed by atoms with Gasteiger partial charge >= 0.3 is 6.18 Å². The zero-order valence-corrected chi connectivity index (χ0v) is 20.5. The molecule has 0 spiro atoms. The van der Waals surface area contributed by atoms with Crippen molar-refractivity contribution in [1.29, 1.82) is 0 Å². The van der Waals surface area contributed by atoms with Gasteiger partial charge in [0.2, 0.25) is 5.88 Å². The molecule has 1 amide bonds. The predicted molar refractivity (Wildman–Crippen MR) is 135 cm³/mol. The third-order valence-electron chi connectivity index (χ3n) is 7.10. The number of fused-ring (bicyclic) bond motifs is 1. The van der Waals surface area contributed by atoms with Gasteiger partial charge < -0.3 is 31.0 Å². The second kappa shape index (κ2) is 10.4. The molecule has 0 aliphatic carbocycles. The normalized spacial score (nSPS) is 22.8. The summed E-state index contributed by atoms with van der Waals surface area (Å²) in [6.45, 7) is 1.73. The molecule has 0 bridgehead atoms. The summed E-state index contributed by atoms with van der Waals surface area (Å²) < 4.78 is 59.4. The van der Waals surface area contributed by atoms with Gasteiger partial charge in [-0.1, -0.05) is 0 Å². The second-order valence-electron chi connectivity index (χ2n) is 9.95. The van der Waals surface area contributed by atoms with Crippen molar-refractivity contribution in [3.8, 4) is 0 Å². The van der Waals surface area contributed by atoms with E-state index in [0.717, 1.165) is 5.56 Å².